The van der Waals surface area contributed by atoms with Crippen molar-refractivity contribution in [3.8, 4) is 0 Å². The summed E-state index contributed by atoms with van der Waals surface area (Å²) >= 11 is 0. The Morgan fingerprint density at radius 3 is 2.59 bits per heavy atom. The molecular formula is C16H24O. The number of hydrogen-bond donors (Lipinski definition) is 0. The predicted molar refractivity (Wildman–Crippen MR) is 71.9 cm³/mol. The minimum Gasteiger partial charge on any atom is -0.295 e. The maximum absolute atomic E-state index is 12.1. The maximum atomic E-state index is 12.1. The molecule has 94 valence electrons. The minimum absolute atomic E-state index is 0.446. The van der Waals surface area contributed by atoms with E-state index in [1.165, 1.54) is 43.3 Å². The van der Waals surface area contributed by atoms with Crippen LogP contribution in [0.2, 0.25) is 0 Å². The number of carbonyl (C=O) groups excluding carboxylic acids is 1. The zero-order valence-corrected chi connectivity index (χ0v) is 11.0. The predicted octanol–water partition coefficient (Wildman–Crippen LogP) is 4.58. The van der Waals surface area contributed by atoms with Crippen molar-refractivity contribution in [1.82, 2.24) is 0 Å². The third-order valence-corrected chi connectivity index (χ3v) is 3.96. The highest BCUT2D eigenvalue weighted by atomic mass is 16.1. The van der Waals surface area contributed by atoms with Crippen molar-refractivity contribution in [1.29, 1.82) is 0 Å². The van der Waals surface area contributed by atoms with Crippen LogP contribution < -0.4 is 0 Å². The summed E-state index contributed by atoms with van der Waals surface area (Å²) in [4.78, 5) is 12.1. The zero-order valence-electron chi connectivity index (χ0n) is 11.0. The summed E-state index contributed by atoms with van der Waals surface area (Å²) in [6.07, 6.45) is 14.8. The Balaban J connectivity index is 2.12. The Morgan fingerprint density at radius 2 is 1.76 bits per heavy atom. The van der Waals surface area contributed by atoms with Crippen LogP contribution >= 0.6 is 0 Å². The minimum atomic E-state index is 0.446. The SMILES string of the molecule is C[C@@H]1CC(=O)C2=C(CCCCC=CCCC2)C1. The van der Waals surface area contributed by atoms with E-state index in [0.29, 0.717) is 11.7 Å². The molecular weight excluding hydrogens is 208 g/mol. The first-order valence-corrected chi connectivity index (χ1v) is 7.16. The zero-order chi connectivity index (χ0) is 12.1. The van der Waals surface area contributed by atoms with Crippen LogP contribution in [-0.2, 0) is 4.79 Å². The normalized spacial score (nSPS) is 27.6. The van der Waals surface area contributed by atoms with Gasteiger partial charge in [0.05, 0.1) is 0 Å². The molecule has 1 nitrogen and oxygen atoms in total. The summed E-state index contributed by atoms with van der Waals surface area (Å²) in [5.74, 6) is 1.02. The van der Waals surface area contributed by atoms with E-state index >= 15 is 0 Å². The van der Waals surface area contributed by atoms with E-state index in [9.17, 15) is 4.79 Å². The number of rotatable bonds is 0. The van der Waals surface area contributed by atoms with Crippen molar-refractivity contribution in [3.63, 3.8) is 0 Å². The van der Waals surface area contributed by atoms with Crippen molar-refractivity contribution in [3.05, 3.63) is 23.3 Å². The molecule has 0 amide bonds. The molecule has 0 saturated carbocycles. The maximum Gasteiger partial charge on any atom is 0.159 e. The molecule has 0 aliphatic heterocycles. The molecule has 0 bridgehead atoms. The monoisotopic (exact) mass is 232 g/mol. The molecule has 17 heavy (non-hydrogen) atoms. The van der Waals surface area contributed by atoms with E-state index in [1.54, 1.807) is 0 Å². The molecule has 2 aliphatic rings. The van der Waals surface area contributed by atoms with Gasteiger partial charge in [-0.3, -0.25) is 4.79 Å². The van der Waals surface area contributed by atoms with Gasteiger partial charge in [0.15, 0.2) is 5.78 Å². The van der Waals surface area contributed by atoms with Crippen LogP contribution in [0.15, 0.2) is 23.3 Å². The van der Waals surface area contributed by atoms with Gasteiger partial charge in [0.1, 0.15) is 0 Å². The van der Waals surface area contributed by atoms with Gasteiger partial charge < -0.3 is 0 Å². The molecule has 0 spiro atoms. The molecule has 0 aromatic carbocycles. The van der Waals surface area contributed by atoms with E-state index in [4.69, 9.17) is 0 Å². The van der Waals surface area contributed by atoms with Gasteiger partial charge in [0.25, 0.3) is 0 Å². The molecule has 0 saturated heterocycles. The van der Waals surface area contributed by atoms with E-state index in [-0.39, 0.29) is 0 Å². The van der Waals surface area contributed by atoms with Crippen LogP contribution in [0.3, 0.4) is 0 Å². The quantitative estimate of drug-likeness (QED) is 0.559. The summed E-state index contributed by atoms with van der Waals surface area (Å²) in [5.41, 5.74) is 2.70. The van der Waals surface area contributed by atoms with E-state index in [2.05, 4.69) is 19.1 Å². The van der Waals surface area contributed by atoms with Gasteiger partial charge in [-0.25, -0.2) is 0 Å². The number of hydrogen-bond acceptors (Lipinski definition) is 1. The molecule has 2 aliphatic carbocycles. The third kappa shape index (κ3) is 3.55. The standard InChI is InChI=1S/C16H24O/c1-13-11-14-9-7-5-3-2-4-6-8-10-15(14)16(17)12-13/h2,4,13H,3,5-12H2,1H3/t13-/m0/s1. The van der Waals surface area contributed by atoms with Crippen LogP contribution in [0.1, 0.15) is 64.7 Å². The molecule has 1 atom stereocenters. The topological polar surface area (TPSA) is 17.1 Å². The van der Waals surface area contributed by atoms with Crippen molar-refractivity contribution in [2.24, 2.45) is 5.92 Å². The molecule has 0 aromatic rings. The summed E-state index contributed by atoms with van der Waals surface area (Å²) in [6.45, 7) is 2.22. The Hall–Kier alpha value is -0.850. The fourth-order valence-corrected chi connectivity index (χ4v) is 3.05. The molecule has 0 aromatic heterocycles. The van der Waals surface area contributed by atoms with Crippen LogP contribution in [0.25, 0.3) is 0 Å². The second kappa shape index (κ2) is 6.18. The lowest BCUT2D eigenvalue weighted by Crippen LogP contribution is -2.18. The highest BCUT2D eigenvalue weighted by Gasteiger charge is 2.24. The molecule has 2 rings (SSSR count). The number of ketones is 1. The summed E-state index contributed by atoms with van der Waals surface area (Å²) in [7, 11) is 0. The van der Waals surface area contributed by atoms with Crippen LogP contribution in [0.5, 0.6) is 0 Å². The summed E-state index contributed by atoms with van der Waals surface area (Å²) < 4.78 is 0. The van der Waals surface area contributed by atoms with Crippen molar-refractivity contribution in [2.45, 2.75) is 64.7 Å². The van der Waals surface area contributed by atoms with Crippen molar-refractivity contribution >= 4 is 5.78 Å². The Morgan fingerprint density at radius 1 is 1.00 bits per heavy atom. The van der Waals surface area contributed by atoms with Crippen molar-refractivity contribution in [2.75, 3.05) is 0 Å². The lowest BCUT2D eigenvalue weighted by molar-refractivity contribution is -0.117. The molecule has 0 N–H and O–H groups in total. The van der Waals surface area contributed by atoms with Gasteiger partial charge in [0.2, 0.25) is 0 Å². The van der Waals surface area contributed by atoms with Gasteiger partial charge >= 0.3 is 0 Å². The number of carbonyl (C=O) groups is 1. The van der Waals surface area contributed by atoms with Gasteiger partial charge in [-0.15, -0.1) is 0 Å². The Bertz CT molecular complexity index is 335. The van der Waals surface area contributed by atoms with Crippen LogP contribution in [0.4, 0.5) is 0 Å². The van der Waals surface area contributed by atoms with Crippen LogP contribution in [-0.4, -0.2) is 5.78 Å². The molecule has 1 heteroatoms. The summed E-state index contributed by atoms with van der Waals surface area (Å²) in [6, 6.07) is 0. The fraction of sp³-hybridized carbons (Fsp3) is 0.688. The molecule has 0 fully saturated rings. The Kier molecular flexibility index (Phi) is 4.58. The van der Waals surface area contributed by atoms with Gasteiger partial charge in [0, 0.05) is 6.42 Å². The highest BCUT2D eigenvalue weighted by Crippen LogP contribution is 2.33. The van der Waals surface area contributed by atoms with Crippen LogP contribution in [0, 0.1) is 5.92 Å². The average molecular weight is 232 g/mol. The first kappa shape index (κ1) is 12.6. The molecule has 0 heterocycles. The van der Waals surface area contributed by atoms with E-state index in [0.717, 1.165) is 25.7 Å². The average Bonchev–Trinajstić information content (AvgIpc) is 2.33. The Labute approximate surface area is 105 Å². The fourth-order valence-electron chi connectivity index (χ4n) is 3.05. The first-order chi connectivity index (χ1) is 8.27. The molecule has 0 radical (unpaired) electrons. The largest absolute Gasteiger partial charge is 0.295 e. The number of allylic oxidation sites excluding steroid dienone is 4. The van der Waals surface area contributed by atoms with E-state index < -0.39 is 0 Å². The molecule has 0 unspecified atom stereocenters. The second-order valence-electron chi connectivity index (χ2n) is 5.63. The lowest BCUT2D eigenvalue weighted by atomic mass is 9.80. The highest BCUT2D eigenvalue weighted by molar-refractivity contribution is 5.97. The first-order valence-electron chi connectivity index (χ1n) is 7.16. The van der Waals surface area contributed by atoms with E-state index in [1.807, 2.05) is 0 Å². The smallest absolute Gasteiger partial charge is 0.159 e. The lowest BCUT2D eigenvalue weighted by Gasteiger charge is -2.24. The van der Waals surface area contributed by atoms with Gasteiger partial charge in [-0.05, 0) is 62.9 Å². The summed E-state index contributed by atoms with van der Waals surface area (Å²) in [5, 5.41) is 0. The van der Waals surface area contributed by atoms with Gasteiger partial charge in [-0.2, -0.15) is 0 Å². The number of Topliss-reactive ketones (excluding diaryl/α,β-unsaturated/α-hetero) is 1. The second-order valence-corrected chi connectivity index (χ2v) is 5.63. The third-order valence-electron chi connectivity index (χ3n) is 3.96. The van der Waals surface area contributed by atoms with Crippen molar-refractivity contribution < 1.29 is 4.79 Å². The van der Waals surface area contributed by atoms with Gasteiger partial charge in [-0.1, -0.05) is 24.6 Å².